The highest BCUT2D eigenvalue weighted by Crippen LogP contribution is 2.43. The Morgan fingerprint density at radius 3 is 2.29 bits per heavy atom. The third-order valence-electron chi connectivity index (χ3n) is 10.1. The Morgan fingerprint density at radius 1 is 0.932 bits per heavy atom. The molecule has 1 aliphatic carbocycles. The number of hydrogen-bond acceptors (Lipinski definition) is 11. The van der Waals surface area contributed by atoms with Gasteiger partial charge in [-0.15, -0.1) is 0 Å². The molecule has 4 rings (SSSR count). The van der Waals surface area contributed by atoms with Crippen LogP contribution in [0, 0.1) is 0 Å². The van der Waals surface area contributed by atoms with Gasteiger partial charge in [-0.3, -0.25) is 14.4 Å². The van der Waals surface area contributed by atoms with E-state index in [0.717, 1.165) is 44.1 Å². The van der Waals surface area contributed by atoms with Crippen molar-refractivity contribution in [2.45, 2.75) is 148 Å². The summed E-state index contributed by atoms with van der Waals surface area (Å²) in [4.78, 5) is 52.7. The Hall–Kier alpha value is -4.56. The maximum atomic E-state index is 13.8. The van der Waals surface area contributed by atoms with Crippen molar-refractivity contribution in [1.29, 1.82) is 0 Å². The van der Waals surface area contributed by atoms with Crippen molar-refractivity contribution < 1.29 is 53.1 Å². The van der Waals surface area contributed by atoms with Crippen LogP contribution >= 0.6 is 0 Å². The fraction of sp³-hybridized carbons (Fsp3) is 0.565. The highest BCUT2D eigenvalue weighted by Gasteiger charge is 2.52. The lowest BCUT2D eigenvalue weighted by Gasteiger charge is -2.31. The van der Waals surface area contributed by atoms with E-state index in [4.69, 9.17) is 28.8 Å². The van der Waals surface area contributed by atoms with E-state index >= 15 is 0 Å². The van der Waals surface area contributed by atoms with E-state index in [9.17, 15) is 24.3 Å². The molecule has 1 saturated heterocycles. The molecule has 0 radical (unpaired) electrons. The number of nitrogens with one attached hydrogen (secondary N) is 2. The predicted molar refractivity (Wildman–Crippen MR) is 223 cm³/mol. The molecule has 13 nitrogen and oxygen atoms in total. The number of esters is 2. The molecule has 2 amide bonds. The van der Waals surface area contributed by atoms with E-state index in [1.165, 1.54) is 6.26 Å². The molecule has 0 spiro atoms. The van der Waals surface area contributed by atoms with E-state index in [1.807, 2.05) is 0 Å². The summed E-state index contributed by atoms with van der Waals surface area (Å²) < 4.78 is 30.1. The minimum absolute atomic E-state index is 0.0383. The van der Waals surface area contributed by atoms with Crippen LogP contribution in [0.2, 0.25) is 0 Å². The lowest BCUT2D eigenvalue weighted by molar-refractivity contribution is -0.190. The second-order valence-electron chi connectivity index (χ2n) is 16.2. The highest BCUT2D eigenvalue weighted by molar-refractivity contribution is 5.95. The molecule has 2 aromatic rings. The topological polar surface area (TPSA) is 179 Å². The maximum absolute atomic E-state index is 13.8. The number of amides is 2. The number of unbranched alkanes of at least 4 members (excludes halogenated alkanes) is 4. The third kappa shape index (κ3) is 15.2. The molecule has 2 aromatic carbocycles. The van der Waals surface area contributed by atoms with Gasteiger partial charge in [0.25, 0.3) is 5.91 Å². The average molecular weight is 821 g/mol. The quantitative estimate of drug-likeness (QED) is 0.0533. The second-order valence-corrected chi connectivity index (χ2v) is 16.2. The summed E-state index contributed by atoms with van der Waals surface area (Å²) in [6.07, 6.45) is 10.7. The summed E-state index contributed by atoms with van der Waals surface area (Å²) in [7, 11) is 0. The molecule has 4 N–H and O–H groups in total. The second kappa shape index (κ2) is 23.3. The number of carbonyl (C=O) groups is 4. The number of aliphatic hydroxyl groups is 2. The maximum Gasteiger partial charge on any atom is 0.338 e. The number of benzene rings is 2. The monoisotopic (exact) mass is 820 g/mol. The van der Waals surface area contributed by atoms with Gasteiger partial charge in [0.1, 0.15) is 30.5 Å². The Kier molecular flexibility index (Phi) is 18.6. The first-order chi connectivity index (χ1) is 28.3. The SMILES string of the molecule is CCCCCC1(CCCCC)OC2C=C(C(=O)NCc3cccc(C(=O)NC(CO)CCC(=O)OC(C)(C)C)c3)CC(OC(=O)c3ccc(C=COCCO)cc3)C2O1. The van der Waals surface area contributed by atoms with E-state index in [2.05, 4.69) is 24.5 Å². The number of aliphatic hydroxyl groups excluding tert-OH is 2. The first kappa shape index (κ1) is 47.1. The summed E-state index contributed by atoms with van der Waals surface area (Å²) in [6, 6.07) is 13.0. The number of fused-ring (bicyclic) bond motifs is 1. The van der Waals surface area contributed by atoms with Gasteiger partial charge in [0.15, 0.2) is 5.79 Å². The predicted octanol–water partition coefficient (Wildman–Crippen LogP) is 6.69. The first-order valence-corrected chi connectivity index (χ1v) is 21.1. The molecule has 13 heteroatoms. The molecule has 0 aromatic heterocycles. The van der Waals surface area contributed by atoms with Crippen molar-refractivity contribution >= 4 is 29.8 Å². The van der Waals surface area contributed by atoms with Crippen LogP contribution in [-0.4, -0.2) is 89.5 Å². The Labute approximate surface area is 348 Å². The van der Waals surface area contributed by atoms with Crippen LogP contribution in [0.5, 0.6) is 0 Å². The van der Waals surface area contributed by atoms with Gasteiger partial charge in [-0.25, -0.2) is 4.79 Å². The zero-order valence-electron chi connectivity index (χ0n) is 35.3. The molecular formula is C46H64N2O11. The van der Waals surface area contributed by atoms with Crippen LogP contribution in [-0.2, 0) is 39.8 Å². The van der Waals surface area contributed by atoms with Gasteiger partial charge in [0.2, 0.25) is 5.91 Å². The molecule has 324 valence electrons. The summed E-state index contributed by atoms with van der Waals surface area (Å²) >= 11 is 0. The van der Waals surface area contributed by atoms with Crippen molar-refractivity contribution in [2.24, 2.45) is 0 Å². The molecule has 1 fully saturated rings. The third-order valence-corrected chi connectivity index (χ3v) is 10.1. The van der Waals surface area contributed by atoms with Crippen molar-refractivity contribution in [3.8, 4) is 0 Å². The van der Waals surface area contributed by atoms with Crippen LogP contribution in [0.4, 0.5) is 0 Å². The average Bonchev–Trinajstić information content (AvgIpc) is 3.58. The fourth-order valence-corrected chi connectivity index (χ4v) is 7.06. The van der Waals surface area contributed by atoms with Gasteiger partial charge in [-0.05, 0) is 87.6 Å². The van der Waals surface area contributed by atoms with Crippen molar-refractivity contribution in [3.63, 3.8) is 0 Å². The van der Waals surface area contributed by atoms with Gasteiger partial charge < -0.3 is 44.5 Å². The zero-order chi connectivity index (χ0) is 42.8. The fourth-order valence-electron chi connectivity index (χ4n) is 7.06. The van der Waals surface area contributed by atoms with Crippen molar-refractivity contribution in [2.75, 3.05) is 19.8 Å². The Balaban J connectivity index is 1.47. The van der Waals surface area contributed by atoms with Crippen LogP contribution in [0.25, 0.3) is 6.08 Å². The molecule has 59 heavy (non-hydrogen) atoms. The number of rotatable bonds is 23. The van der Waals surface area contributed by atoms with Crippen LogP contribution in [0.3, 0.4) is 0 Å². The zero-order valence-corrected chi connectivity index (χ0v) is 35.3. The van der Waals surface area contributed by atoms with Crippen LogP contribution in [0.1, 0.15) is 137 Å². The Morgan fingerprint density at radius 2 is 1.64 bits per heavy atom. The molecular weight excluding hydrogens is 757 g/mol. The normalized spacial score (nSPS) is 19.0. The van der Waals surface area contributed by atoms with E-state index in [-0.39, 0.29) is 51.5 Å². The first-order valence-electron chi connectivity index (χ1n) is 21.1. The molecule has 1 heterocycles. The van der Waals surface area contributed by atoms with E-state index in [1.54, 1.807) is 81.5 Å². The van der Waals surface area contributed by atoms with Crippen molar-refractivity contribution in [3.05, 3.63) is 88.7 Å². The van der Waals surface area contributed by atoms with Gasteiger partial charge in [0.05, 0.1) is 31.1 Å². The molecule has 4 atom stereocenters. The van der Waals surface area contributed by atoms with Gasteiger partial charge in [0, 0.05) is 43.4 Å². The largest absolute Gasteiger partial charge is 0.499 e. The number of ether oxygens (including phenoxy) is 5. The van der Waals surface area contributed by atoms with Gasteiger partial charge in [-0.2, -0.15) is 0 Å². The lowest BCUT2D eigenvalue weighted by Crippen LogP contribution is -2.43. The molecule has 1 aliphatic heterocycles. The van der Waals surface area contributed by atoms with E-state index in [0.29, 0.717) is 35.1 Å². The van der Waals surface area contributed by atoms with Crippen molar-refractivity contribution in [1.82, 2.24) is 10.6 Å². The number of carbonyl (C=O) groups excluding carboxylic acids is 4. The highest BCUT2D eigenvalue weighted by atomic mass is 16.8. The summed E-state index contributed by atoms with van der Waals surface area (Å²) in [5.41, 5.74) is 1.90. The Bertz CT molecular complexity index is 1720. The van der Waals surface area contributed by atoms with Gasteiger partial charge in [-0.1, -0.05) is 63.8 Å². The molecule has 4 unspecified atom stereocenters. The van der Waals surface area contributed by atoms with E-state index < -0.39 is 53.6 Å². The summed E-state index contributed by atoms with van der Waals surface area (Å²) in [5, 5.41) is 24.5. The van der Waals surface area contributed by atoms with Gasteiger partial charge >= 0.3 is 11.9 Å². The summed E-state index contributed by atoms with van der Waals surface area (Å²) in [6.45, 7) is 9.46. The number of hydrogen-bond donors (Lipinski definition) is 4. The molecule has 0 bridgehead atoms. The minimum Gasteiger partial charge on any atom is -0.499 e. The molecule has 2 aliphatic rings. The minimum atomic E-state index is -0.857. The summed E-state index contributed by atoms with van der Waals surface area (Å²) in [5.74, 6) is -2.61. The smallest absolute Gasteiger partial charge is 0.338 e. The van der Waals surface area contributed by atoms with Crippen LogP contribution in [0.15, 0.2) is 66.4 Å². The van der Waals surface area contributed by atoms with Crippen LogP contribution < -0.4 is 10.6 Å². The lowest BCUT2D eigenvalue weighted by atomic mass is 9.91. The molecule has 0 saturated carbocycles. The standard InChI is InChI=1S/C46H64N2O11/c1-6-8-10-22-46(23-11-9-7-2)57-39-29-36(28-38(41(39)59-46)56-44(54)34-17-15-32(16-18-34)21-25-55-26-24-49)42(52)47-30-33-13-12-14-35(27-33)43(53)48-37(31-50)19-20-40(51)58-45(3,4)5/h12-18,21,25,27,29,37-39,41,49-50H,6-11,19-20,22-24,26,28,30-31H2,1-5H3,(H,47,52)(H,48,53).